The van der Waals surface area contributed by atoms with Crippen LogP contribution in [0.25, 0.3) is 0 Å². The Balaban J connectivity index is 2.05. The molecule has 0 aliphatic carbocycles. The molecule has 3 aromatic rings. The summed E-state index contributed by atoms with van der Waals surface area (Å²) in [6.45, 7) is 14.3. The van der Waals surface area contributed by atoms with Crippen molar-refractivity contribution in [2.75, 3.05) is 0 Å². The molecule has 0 aliphatic heterocycles. The number of aliphatic imine (C=N–C) groups is 1. The van der Waals surface area contributed by atoms with E-state index in [4.69, 9.17) is 4.99 Å². The minimum Gasteiger partial charge on any atom is -0.279 e. The average Bonchev–Trinajstić information content (AvgIpc) is 2.68. The molecule has 0 saturated carbocycles. The highest BCUT2D eigenvalue weighted by atomic mass is 14.7. The quantitative estimate of drug-likeness (QED) is 0.419. The Hall–Kier alpha value is -2.67. The molecule has 0 saturated heterocycles. The third-order valence-electron chi connectivity index (χ3n) is 5.24. The van der Waals surface area contributed by atoms with Crippen molar-refractivity contribution in [2.24, 2.45) is 4.99 Å². The van der Waals surface area contributed by atoms with Gasteiger partial charge in [-0.15, -0.1) is 0 Å². The van der Waals surface area contributed by atoms with Gasteiger partial charge in [-0.3, -0.25) is 4.99 Å². The van der Waals surface area contributed by atoms with Crippen molar-refractivity contribution in [3.63, 3.8) is 0 Å². The van der Waals surface area contributed by atoms with Gasteiger partial charge in [0.25, 0.3) is 0 Å². The van der Waals surface area contributed by atoms with Crippen LogP contribution in [-0.2, 0) is 17.4 Å². The number of hydrogen-bond acceptors (Lipinski definition) is 1. The molecule has 3 aromatic carbocycles. The summed E-state index contributed by atoms with van der Waals surface area (Å²) in [5.74, 6) is 0. The lowest BCUT2D eigenvalue weighted by atomic mass is 9.79. The summed E-state index contributed by atoms with van der Waals surface area (Å²) in [5, 5.41) is 0. The number of rotatable bonds is 4. The maximum Gasteiger partial charge on any atom is 0.0723 e. The van der Waals surface area contributed by atoms with E-state index in [0.29, 0.717) is 6.54 Å². The molecular weight excluding hydrogens is 350 g/mol. The van der Waals surface area contributed by atoms with Crippen molar-refractivity contribution in [3.8, 4) is 0 Å². The van der Waals surface area contributed by atoms with Crippen LogP contribution >= 0.6 is 0 Å². The molecular formula is C28H33N. The lowest BCUT2D eigenvalue weighted by Gasteiger charge is -2.26. The van der Waals surface area contributed by atoms with E-state index in [1.807, 2.05) is 0 Å². The Kier molecular flexibility index (Phi) is 6.07. The maximum atomic E-state index is 5.10. The zero-order valence-electron chi connectivity index (χ0n) is 18.7. The van der Waals surface area contributed by atoms with Crippen molar-refractivity contribution >= 4 is 5.71 Å². The molecule has 1 nitrogen and oxygen atoms in total. The summed E-state index contributed by atoms with van der Waals surface area (Å²) in [4.78, 5) is 5.10. The molecule has 0 heterocycles. The van der Waals surface area contributed by atoms with Gasteiger partial charge in [0, 0.05) is 11.1 Å². The van der Waals surface area contributed by atoms with Crippen molar-refractivity contribution in [3.05, 3.63) is 107 Å². The Morgan fingerprint density at radius 1 is 0.621 bits per heavy atom. The van der Waals surface area contributed by atoms with E-state index in [-0.39, 0.29) is 10.8 Å². The highest BCUT2D eigenvalue weighted by molar-refractivity contribution is 6.12. The first-order valence-corrected chi connectivity index (χ1v) is 10.4. The van der Waals surface area contributed by atoms with Gasteiger partial charge >= 0.3 is 0 Å². The van der Waals surface area contributed by atoms with Gasteiger partial charge in [-0.25, -0.2) is 0 Å². The molecule has 0 aromatic heterocycles. The molecule has 150 valence electrons. The summed E-state index contributed by atoms with van der Waals surface area (Å²) in [6, 6.07) is 28.0. The minimum absolute atomic E-state index is 0.113. The molecule has 0 amide bonds. The zero-order valence-corrected chi connectivity index (χ0v) is 18.7. The fraction of sp³-hybridized carbons (Fsp3) is 0.321. The highest BCUT2D eigenvalue weighted by Gasteiger charge is 2.20. The van der Waals surface area contributed by atoms with Crippen LogP contribution in [0, 0.1) is 0 Å². The Morgan fingerprint density at radius 3 is 1.41 bits per heavy atom. The zero-order chi connectivity index (χ0) is 21.1. The van der Waals surface area contributed by atoms with E-state index in [9.17, 15) is 0 Å². The highest BCUT2D eigenvalue weighted by Crippen LogP contribution is 2.30. The standard InChI is InChI=1S/C28H33N/c1-27(2,3)24-17-21(18-25(19-24)28(4,5)6)20-29-26(22-13-9-7-10-14-22)23-15-11-8-12-16-23/h7-19H,20H2,1-6H3. The van der Waals surface area contributed by atoms with Gasteiger partial charge < -0.3 is 0 Å². The van der Waals surface area contributed by atoms with Gasteiger partial charge in [-0.1, -0.05) is 120 Å². The Bertz CT molecular complexity index is 895. The fourth-order valence-corrected chi connectivity index (χ4v) is 3.36. The average molecular weight is 384 g/mol. The van der Waals surface area contributed by atoms with Gasteiger partial charge in [0.2, 0.25) is 0 Å². The molecule has 0 N–H and O–H groups in total. The molecule has 0 bridgehead atoms. The second-order valence-electron chi connectivity index (χ2n) is 9.82. The predicted octanol–water partition coefficient (Wildman–Crippen LogP) is 7.32. The van der Waals surface area contributed by atoms with E-state index in [0.717, 1.165) is 16.8 Å². The smallest absolute Gasteiger partial charge is 0.0723 e. The van der Waals surface area contributed by atoms with E-state index in [1.54, 1.807) is 0 Å². The van der Waals surface area contributed by atoms with Gasteiger partial charge in [0.05, 0.1) is 12.3 Å². The third-order valence-corrected chi connectivity index (χ3v) is 5.24. The van der Waals surface area contributed by atoms with E-state index in [2.05, 4.69) is 120 Å². The molecule has 0 fully saturated rings. The molecule has 0 spiro atoms. The second kappa shape index (κ2) is 8.37. The largest absolute Gasteiger partial charge is 0.279 e. The van der Waals surface area contributed by atoms with Gasteiger partial charge in [-0.2, -0.15) is 0 Å². The predicted molar refractivity (Wildman–Crippen MR) is 126 cm³/mol. The Morgan fingerprint density at radius 2 is 1.03 bits per heavy atom. The molecule has 29 heavy (non-hydrogen) atoms. The molecule has 0 radical (unpaired) electrons. The van der Waals surface area contributed by atoms with Crippen molar-refractivity contribution in [2.45, 2.75) is 58.9 Å². The van der Waals surface area contributed by atoms with Crippen LogP contribution < -0.4 is 0 Å². The maximum absolute atomic E-state index is 5.10. The van der Waals surface area contributed by atoms with Crippen LogP contribution in [0.15, 0.2) is 83.9 Å². The van der Waals surface area contributed by atoms with Gasteiger partial charge in [-0.05, 0) is 27.5 Å². The first kappa shape index (κ1) is 21.0. The molecule has 3 rings (SSSR count). The summed E-state index contributed by atoms with van der Waals surface area (Å²) in [5.41, 5.74) is 7.59. The van der Waals surface area contributed by atoms with Gasteiger partial charge in [0.15, 0.2) is 0 Å². The van der Waals surface area contributed by atoms with Crippen molar-refractivity contribution < 1.29 is 0 Å². The van der Waals surface area contributed by atoms with Crippen LogP contribution in [0.5, 0.6) is 0 Å². The van der Waals surface area contributed by atoms with Crippen LogP contribution in [0.4, 0.5) is 0 Å². The van der Waals surface area contributed by atoms with Gasteiger partial charge in [0.1, 0.15) is 0 Å². The van der Waals surface area contributed by atoms with Crippen LogP contribution in [-0.4, -0.2) is 5.71 Å². The van der Waals surface area contributed by atoms with Crippen LogP contribution in [0.3, 0.4) is 0 Å². The number of benzene rings is 3. The summed E-state index contributed by atoms with van der Waals surface area (Å²) in [7, 11) is 0. The summed E-state index contributed by atoms with van der Waals surface area (Å²) in [6.07, 6.45) is 0. The minimum atomic E-state index is 0.113. The van der Waals surface area contributed by atoms with E-state index in [1.165, 1.54) is 16.7 Å². The van der Waals surface area contributed by atoms with Crippen molar-refractivity contribution in [1.82, 2.24) is 0 Å². The molecule has 1 heteroatoms. The van der Waals surface area contributed by atoms with E-state index < -0.39 is 0 Å². The summed E-state index contributed by atoms with van der Waals surface area (Å²) >= 11 is 0. The fourth-order valence-electron chi connectivity index (χ4n) is 3.36. The lowest BCUT2D eigenvalue weighted by Crippen LogP contribution is -2.17. The van der Waals surface area contributed by atoms with Crippen molar-refractivity contribution in [1.29, 1.82) is 0 Å². The first-order chi connectivity index (χ1) is 13.6. The SMILES string of the molecule is CC(C)(C)c1cc(CN=C(c2ccccc2)c2ccccc2)cc(C(C)(C)C)c1. The first-order valence-electron chi connectivity index (χ1n) is 10.4. The molecule has 0 aliphatic rings. The molecule has 0 unspecified atom stereocenters. The number of nitrogens with zero attached hydrogens (tertiary/aromatic N) is 1. The summed E-state index contributed by atoms with van der Waals surface area (Å²) < 4.78 is 0. The normalized spacial score (nSPS) is 11.9. The monoisotopic (exact) mass is 383 g/mol. The van der Waals surface area contributed by atoms with Crippen LogP contribution in [0.1, 0.15) is 69.4 Å². The lowest BCUT2D eigenvalue weighted by molar-refractivity contribution is 0.567. The topological polar surface area (TPSA) is 12.4 Å². The third kappa shape index (κ3) is 5.44. The van der Waals surface area contributed by atoms with Crippen LogP contribution in [0.2, 0.25) is 0 Å². The second-order valence-corrected chi connectivity index (χ2v) is 9.82. The molecule has 0 atom stereocenters. The van der Waals surface area contributed by atoms with E-state index >= 15 is 0 Å². The number of hydrogen-bond donors (Lipinski definition) is 0. The Labute approximate surface area is 176 Å².